The van der Waals surface area contributed by atoms with E-state index in [9.17, 15) is 4.79 Å². The molecule has 0 amide bonds. The van der Waals surface area contributed by atoms with E-state index in [2.05, 4.69) is 4.90 Å². The second-order valence-corrected chi connectivity index (χ2v) is 6.01. The molecular weight excluding hydrogens is 274 g/mol. The molecule has 110 valence electrons. The monoisotopic (exact) mass is 295 g/mol. The first kappa shape index (κ1) is 15.5. The first-order chi connectivity index (χ1) is 9.58. The zero-order chi connectivity index (χ0) is 14.5. The van der Waals surface area contributed by atoms with Crippen LogP contribution in [0.25, 0.3) is 0 Å². The highest BCUT2D eigenvalue weighted by molar-refractivity contribution is 6.30. The first-order valence-corrected chi connectivity index (χ1v) is 7.55. The van der Waals surface area contributed by atoms with Gasteiger partial charge in [-0.2, -0.15) is 0 Å². The highest BCUT2D eigenvalue weighted by Gasteiger charge is 2.26. The molecule has 0 saturated carbocycles. The number of benzene rings is 1. The van der Waals surface area contributed by atoms with Crippen LogP contribution in [0, 0.1) is 5.92 Å². The highest BCUT2D eigenvalue weighted by atomic mass is 35.5. The van der Waals surface area contributed by atoms with Crippen LogP contribution < -0.4 is 0 Å². The summed E-state index contributed by atoms with van der Waals surface area (Å²) < 4.78 is 5.37. The van der Waals surface area contributed by atoms with Gasteiger partial charge in [-0.3, -0.25) is 9.69 Å². The van der Waals surface area contributed by atoms with Crippen LogP contribution in [0.15, 0.2) is 24.3 Å². The molecule has 1 saturated heterocycles. The lowest BCUT2D eigenvalue weighted by molar-refractivity contribution is -0.124. The maximum Gasteiger partial charge on any atom is 0.144 e. The van der Waals surface area contributed by atoms with Crippen LogP contribution >= 0.6 is 11.6 Å². The molecule has 0 spiro atoms. The Labute approximate surface area is 125 Å². The van der Waals surface area contributed by atoms with E-state index >= 15 is 0 Å². The first-order valence-electron chi connectivity index (χ1n) is 7.17. The third-order valence-corrected chi connectivity index (χ3v) is 3.98. The minimum Gasteiger partial charge on any atom is -0.379 e. The van der Waals surface area contributed by atoms with Crippen LogP contribution in [-0.2, 0) is 9.53 Å². The fraction of sp³-hybridized carbons (Fsp3) is 0.562. The van der Waals surface area contributed by atoms with Crippen LogP contribution in [0.1, 0.15) is 25.3 Å². The fourth-order valence-corrected chi connectivity index (χ4v) is 2.63. The van der Waals surface area contributed by atoms with Crippen molar-refractivity contribution in [1.82, 2.24) is 4.90 Å². The maximum atomic E-state index is 12.5. The average Bonchev–Trinajstić information content (AvgIpc) is 2.46. The van der Waals surface area contributed by atoms with Crippen LogP contribution in [0.5, 0.6) is 0 Å². The molecule has 0 N–H and O–H groups in total. The van der Waals surface area contributed by atoms with Crippen molar-refractivity contribution < 1.29 is 9.53 Å². The molecule has 4 heteroatoms. The van der Waals surface area contributed by atoms with E-state index in [1.807, 2.05) is 38.1 Å². The molecule has 1 aromatic rings. The van der Waals surface area contributed by atoms with Gasteiger partial charge in [-0.05, 0) is 17.7 Å². The number of Topliss-reactive ketones (excluding diaryl/α,β-unsaturated/α-hetero) is 1. The van der Waals surface area contributed by atoms with Crippen molar-refractivity contribution in [2.24, 2.45) is 5.92 Å². The van der Waals surface area contributed by atoms with E-state index in [-0.39, 0.29) is 11.8 Å². The fourth-order valence-electron chi connectivity index (χ4n) is 2.50. The lowest BCUT2D eigenvalue weighted by Crippen LogP contribution is -2.40. The van der Waals surface area contributed by atoms with E-state index in [4.69, 9.17) is 16.3 Å². The molecule has 0 aliphatic carbocycles. The molecule has 1 atom stereocenters. The second-order valence-electron chi connectivity index (χ2n) is 5.57. The summed E-state index contributed by atoms with van der Waals surface area (Å²) in [7, 11) is 0. The van der Waals surface area contributed by atoms with E-state index in [0.717, 1.165) is 38.4 Å². The lowest BCUT2D eigenvalue weighted by atomic mass is 9.88. The summed E-state index contributed by atoms with van der Waals surface area (Å²) in [6.45, 7) is 7.99. The summed E-state index contributed by atoms with van der Waals surface area (Å²) in [5.74, 6) is 0.251. The smallest absolute Gasteiger partial charge is 0.144 e. The molecule has 0 radical (unpaired) electrons. The number of morpholine rings is 1. The van der Waals surface area contributed by atoms with Crippen molar-refractivity contribution in [3.05, 3.63) is 34.9 Å². The topological polar surface area (TPSA) is 29.5 Å². The van der Waals surface area contributed by atoms with Crippen molar-refractivity contribution >= 4 is 17.4 Å². The standard InChI is InChI=1S/C16H22ClNO2/c1-12(2)16(19)15(11-18-7-9-20-10-8-18)13-3-5-14(17)6-4-13/h3-6,12,15H,7-11H2,1-2H3/t15-/m1/s1. The average molecular weight is 296 g/mol. The van der Waals surface area contributed by atoms with Crippen molar-refractivity contribution in [3.63, 3.8) is 0 Å². The van der Waals surface area contributed by atoms with E-state index < -0.39 is 0 Å². The van der Waals surface area contributed by atoms with Gasteiger partial charge >= 0.3 is 0 Å². The Kier molecular flexibility index (Phi) is 5.58. The minimum atomic E-state index is -0.0784. The zero-order valence-corrected chi connectivity index (χ0v) is 12.9. The second kappa shape index (κ2) is 7.21. The predicted octanol–water partition coefficient (Wildman–Crippen LogP) is 2.98. The summed E-state index contributed by atoms with van der Waals surface area (Å²) in [5, 5.41) is 0.705. The van der Waals surface area contributed by atoms with Gasteiger partial charge in [0.15, 0.2) is 0 Å². The van der Waals surface area contributed by atoms with Gasteiger partial charge in [-0.15, -0.1) is 0 Å². The largest absolute Gasteiger partial charge is 0.379 e. The SMILES string of the molecule is CC(C)C(=O)[C@H](CN1CCOCC1)c1ccc(Cl)cc1. The van der Waals surface area contributed by atoms with E-state index in [1.165, 1.54) is 0 Å². The summed E-state index contributed by atoms with van der Waals surface area (Å²) >= 11 is 5.94. The number of carbonyl (C=O) groups excluding carboxylic acids is 1. The summed E-state index contributed by atoms with van der Waals surface area (Å²) in [6, 6.07) is 7.65. The van der Waals surface area contributed by atoms with Gasteiger partial charge < -0.3 is 4.74 Å². The minimum absolute atomic E-state index is 0.0386. The quantitative estimate of drug-likeness (QED) is 0.836. The van der Waals surface area contributed by atoms with Gasteiger partial charge in [-0.25, -0.2) is 0 Å². The molecule has 3 nitrogen and oxygen atoms in total. The molecular formula is C16H22ClNO2. The maximum absolute atomic E-state index is 12.5. The lowest BCUT2D eigenvalue weighted by Gasteiger charge is -2.30. The van der Waals surface area contributed by atoms with Crippen molar-refractivity contribution in [2.75, 3.05) is 32.8 Å². The number of carbonyl (C=O) groups is 1. The molecule has 1 fully saturated rings. The van der Waals surface area contributed by atoms with Crippen molar-refractivity contribution in [3.8, 4) is 0 Å². The van der Waals surface area contributed by atoms with Crippen LogP contribution in [0.3, 0.4) is 0 Å². The molecule has 20 heavy (non-hydrogen) atoms. The third kappa shape index (κ3) is 4.05. The molecule has 1 aromatic carbocycles. The number of ketones is 1. The van der Waals surface area contributed by atoms with Crippen LogP contribution in [0.4, 0.5) is 0 Å². The zero-order valence-electron chi connectivity index (χ0n) is 12.1. The normalized spacial score (nSPS) is 18.2. The number of hydrogen-bond donors (Lipinski definition) is 0. The number of hydrogen-bond acceptors (Lipinski definition) is 3. The molecule has 1 aliphatic heterocycles. The van der Waals surface area contributed by atoms with Crippen LogP contribution in [-0.4, -0.2) is 43.5 Å². The molecule has 0 bridgehead atoms. The number of rotatable bonds is 5. The van der Waals surface area contributed by atoms with Crippen LogP contribution in [0.2, 0.25) is 5.02 Å². The molecule has 1 aliphatic rings. The Morgan fingerprint density at radius 3 is 2.40 bits per heavy atom. The molecule has 2 rings (SSSR count). The summed E-state index contributed by atoms with van der Waals surface area (Å²) in [6.07, 6.45) is 0. The van der Waals surface area contributed by atoms with Gasteiger partial charge in [0.05, 0.1) is 19.1 Å². The van der Waals surface area contributed by atoms with Gasteiger partial charge in [0.2, 0.25) is 0 Å². The van der Waals surface area contributed by atoms with Gasteiger partial charge in [0.25, 0.3) is 0 Å². The Hall–Kier alpha value is -0.900. The van der Waals surface area contributed by atoms with Crippen molar-refractivity contribution in [2.45, 2.75) is 19.8 Å². The van der Waals surface area contributed by atoms with Gasteiger partial charge in [-0.1, -0.05) is 37.6 Å². The number of nitrogens with zero attached hydrogens (tertiary/aromatic N) is 1. The molecule has 1 heterocycles. The summed E-state index contributed by atoms with van der Waals surface area (Å²) in [4.78, 5) is 14.8. The Morgan fingerprint density at radius 1 is 1.25 bits per heavy atom. The predicted molar refractivity (Wildman–Crippen MR) is 81.3 cm³/mol. The Balaban J connectivity index is 2.15. The summed E-state index contributed by atoms with van der Waals surface area (Å²) in [5.41, 5.74) is 1.06. The van der Waals surface area contributed by atoms with E-state index in [0.29, 0.717) is 10.8 Å². The molecule has 0 aromatic heterocycles. The Bertz CT molecular complexity index is 438. The van der Waals surface area contributed by atoms with E-state index in [1.54, 1.807) is 0 Å². The number of ether oxygens (including phenoxy) is 1. The van der Waals surface area contributed by atoms with Gasteiger partial charge in [0, 0.05) is 30.6 Å². The molecule has 0 unspecified atom stereocenters. The highest BCUT2D eigenvalue weighted by Crippen LogP contribution is 2.24. The Morgan fingerprint density at radius 2 is 1.85 bits per heavy atom. The third-order valence-electron chi connectivity index (χ3n) is 3.73. The van der Waals surface area contributed by atoms with Gasteiger partial charge in [0.1, 0.15) is 5.78 Å². The van der Waals surface area contributed by atoms with Crippen molar-refractivity contribution in [1.29, 1.82) is 0 Å². The number of halogens is 1.